The molecule has 0 aliphatic rings. The number of nitrogens with zero attached hydrogens (tertiary/aromatic N) is 2. The van der Waals surface area contributed by atoms with Crippen LogP contribution in [-0.2, 0) is 7.05 Å². The Labute approximate surface area is 85.4 Å². The molecule has 0 aliphatic carbocycles. The first-order valence-electron chi connectivity index (χ1n) is 4.15. The van der Waals surface area contributed by atoms with Crippen molar-refractivity contribution in [2.24, 2.45) is 7.05 Å². The molecule has 0 aromatic carbocycles. The van der Waals surface area contributed by atoms with Crippen LogP contribution in [0.1, 0.15) is 21.8 Å². The molecule has 2 rings (SSSR count). The maximum atomic E-state index is 11.0. The summed E-state index contributed by atoms with van der Waals surface area (Å²) in [5, 5.41) is 4.41. The van der Waals surface area contributed by atoms with Gasteiger partial charge in [0, 0.05) is 18.3 Å². The van der Waals surface area contributed by atoms with Crippen molar-refractivity contribution in [1.82, 2.24) is 9.78 Å². The highest BCUT2D eigenvalue weighted by molar-refractivity contribution is 6.67. The van der Waals surface area contributed by atoms with Gasteiger partial charge < -0.3 is 4.42 Å². The lowest BCUT2D eigenvalue weighted by molar-refractivity contribution is 0.105. The van der Waals surface area contributed by atoms with Crippen LogP contribution in [0.25, 0.3) is 11.1 Å². The molecule has 5 heteroatoms. The maximum absolute atomic E-state index is 11.0. The second kappa shape index (κ2) is 2.85. The topological polar surface area (TPSA) is 48.0 Å². The van der Waals surface area contributed by atoms with Crippen LogP contribution in [-0.4, -0.2) is 15.0 Å². The summed E-state index contributed by atoms with van der Waals surface area (Å²) in [6, 6.07) is 0. The number of carbonyl (C=O) groups is 1. The van der Waals surface area contributed by atoms with Gasteiger partial charge >= 0.3 is 0 Å². The third-order valence-corrected chi connectivity index (χ3v) is 2.57. The molecule has 0 N–H and O–H groups in total. The second-order valence-electron chi connectivity index (χ2n) is 3.22. The van der Waals surface area contributed by atoms with E-state index in [2.05, 4.69) is 5.10 Å². The lowest BCUT2D eigenvalue weighted by atomic mass is 10.2. The maximum Gasteiger partial charge on any atom is 0.288 e. The van der Waals surface area contributed by atoms with Crippen molar-refractivity contribution in [3.8, 4) is 0 Å². The Morgan fingerprint density at radius 1 is 1.50 bits per heavy atom. The van der Waals surface area contributed by atoms with E-state index >= 15 is 0 Å². The van der Waals surface area contributed by atoms with Crippen molar-refractivity contribution in [1.29, 1.82) is 0 Å². The average Bonchev–Trinajstić information content (AvgIpc) is 2.54. The van der Waals surface area contributed by atoms with E-state index in [1.807, 2.05) is 14.0 Å². The molecule has 0 saturated heterocycles. The summed E-state index contributed by atoms with van der Waals surface area (Å²) in [5.41, 5.74) is 2.18. The minimum absolute atomic E-state index is 0.188. The Hall–Kier alpha value is -1.29. The quantitative estimate of drug-likeness (QED) is 0.681. The fourth-order valence-corrected chi connectivity index (χ4v) is 1.74. The number of aromatic nitrogens is 2. The van der Waals surface area contributed by atoms with Crippen LogP contribution in [0.4, 0.5) is 0 Å². The summed E-state index contributed by atoms with van der Waals surface area (Å²) < 4.78 is 6.96. The molecule has 0 radical (unpaired) electrons. The van der Waals surface area contributed by atoms with E-state index in [1.165, 1.54) is 0 Å². The van der Waals surface area contributed by atoms with E-state index in [0.717, 1.165) is 16.6 Å². The highest BCUT2D eigenvalue weighted by Crippen LogP contribution is 2.27. The Balaban J connectivity index is 2.84. The number of furan rings is 1. The fourth-order valence-electron chi connectivity index (χ4n) is 1.56. The largest absolute Gasteiger partial charge is 0.432 e. The smallest absolute Gasteiger partial charge is 0.288 e. The summed E-state index contributed by atoms with van der Waals surface area (Å²) >= 11 is 5.36. The second-order valence-corrected chi connectivity index (χ2v) is 3.56. The molecular weight excluding hydrogens is 204 g/mol. The lowest BCUT2D eigenvalue weighted by Crippen LogP contribution is -1.94. The molecule has 0 fully saturated rings. The van der Waals surface area contributed by atoms with Crippen LogP contribution in [0.3, 0.4) is 0 Å². The number of carbonyl (C=O) groups excluding carboxylic acids is 1. The van der Waals surface area contributed by atoms with Gasteiger partial charge in [0.25, 0.3) is 5.24 Å². The summed E-state index contributed by atoms with van der Waals surface area (Å²) in [4.78, 5) is 11.0. The van der Waals surface area contributed by atoms with Gasteiger partial charge in [0.05, 0.1) is 5.39 Å². The minimum atomic E-state index is -0.581. The highest BCUT2D eigenvalue weighted by Gasteiger charge is 2.20. The number of fused-ring (bicyclic) bond motifs is 1. The van der Waals surface area contributed by atoms with Gasteiger partial charge in [-0.15, -0.1) is 5.10 Å². The van der Waals surface area contributed by atoms with Crippen LogP contribution >= 0.6 is 11.6 Å². The van der Waals surface area contributed by atoms with Crippen LogP contribution in [0.15, 0.2) is 4.42 Å². The Kier molecular flexibility index (Phi) is 1.89. The first kappa shape index (κ1) is 9.27. The summed E-state index contributed by atoms with van der Waals surface area (Å²) in [5.74, 6) is 0.188. The van der Waals surface area contributed by atoms with E-state index in [9.17, 15) is 4.79 Å². The molecule has 0 saturated carbocycles. The Bertz CT molecular complexity index is 524. The van der Waals surface area contributed by atoms with Gasteiger partial charge in [0.2, 0.25) is 5.71 Å². The monoisotopic (exact) mass is 212 g/mol. The first-order chi connectivity index (χ1) is 6.52. The van der Waals surface area contributed by atoms with Crippen LogP contribution in [0.2, 0.25) is 0 Å². The van der Waals surface area contributed by atoms with Gasteiger partial charge in [-0.05, 0) is 25.4 Å². The normalized spacial score (nSPS) is 11.1. The Morgan fingerprint density at radius 2 is 2.14 bits per heavy atom. The van der Waals surface area contributed by atoms with Crippen molar-refractivity contribution in [2.75, 3.05) is 0 Å². The number of aryl methyl sites for hydroxylation is 3. The SMILES string of the molecule is Cc1c(C(=O)Cl)oc2nn(C)c(C)c12. The van der Waals surface area contributed by atoms with Gasteiger partial charge in [0.15, 0.2) is 5.76 Å². The molecule has 0 amide bonds. The molecule has 2 aromatic heterocycles. The van der Waals surface area contributed by atoms with Crippen molar-refractivity contribution >= 4 is 27.9 Å². The van der Waals surface area contributed by atoms with Crippen molar-refractivity contribution in [2.45, 2.75) is 13.8 Å². The van der Waals surface area contributed by atoms with Gasteiger partial charge in [-0.2, -0.15) is 0 Å². The number of hydrogen-bond donors (Lipinski definition) is 0. The number of rotatable bonds is 1. The summed E-state index contributed by atoms with van der Waals surface area (Å²) in [6.45, 7) is 3.72. The highest BCUT2D eigenvalue weighted by atomic mass is 35.5. The minimum Gasteiger partial charge on any atom is -0.432 e. The zero-order valence-electron chi connectivity index (χ0n) is 8.09. The molecule has 74 valence electrons. The molecule has 0 unspecified atom stereocenters. The third-order valence-electron chi connectivity index (χ3n) is 2.39. The third kappa shape index (κ3) is 1.07. The summed E-state index contributed by atoms with van der Waals surface area (Å²) in [7, 11) is 1.83. The molecule has 14 heavy (non-hydrogen) atoms. The van der Waals surface area contributed by atoms with Crippen molar-refractivity contribution < 1.29 is 9.21 Å². The molecule has 0 aliphatic heterocycles. The predicted molar refractivity (Wildman–Crippen MR) is 52.6 cm³/mol. The molecule has 0 atom stereocenters. The van der Waals surface area contributed by atoms with E-state index < -0.39 is 5.24 Å². The van der Waals surface area contributed by atoms with E-state index in [-0.39, 0.29) is 5.76 Å². The lowest BCUT2D eigenvalue weighted by Gasteiger charge is -1.94. The predicted octanol–water partition coefficient (Wildman–Crippen LogP) is 2.16. The zero-order valence-corrected chi connectivity index (χ0v) is 8.84. The Morgan fingerprint density at radius 3 is 2.64 bits per heavy atom. The number of hydrogen-bond acceptors (Lipinski definition) is 3. The molecule has 0 spiro atoms. The molecular formula is C9H9ClN2O2. The van der Waals surface area contributed by atoms with Crippen molar-refractivity contribution in [3.63, 3.8) is 0 Å². The van der Waals surface area contributed by atoms with Crippen LogP contribution in [0.5, 0.6) is 0 Å². The number of halogens is 1. The van der Waals surface area contributed by atoms with E-state index in [4.69, 9.17) is 16.0 Å². The standard InChI is InChI=1S/C9H9ClN2O2/c1-4-6-5(2)12(3)11-9(6)14-7(4)8(10)13/h1-3H3. The molecule has 0 bridgehead atoms. The van der Waals surface area contributed by atoms with Gasteiger partial charge in [-0.3, -0.25) is 9.48 Å². The van der Waals surface area contributed by atoms with Crippen LogP contribution < -0.4 is 0 Å². The van der Waals surface area contributed by atoms with Gasteiger partial charge in [0.1, 0.15) is 0 Å². The molecule has 2 aromatic rings. The van der Waals surface area contributed by atoms with Crippen molar-refractivity contribution in [3.05, 3.63) is 17.0 Å². The van der Waals surface area contributed by atoms with Gasteiger partial charge in [-0.1, -0.05) is 0 Å². The molecule has 4 nitrogen and oxygen atoms in total. The zero-order chi connectivity index (χ0) is 10.5. The van der Waals surface area contributed by atoms with E-state index in [1.54, 1.807) is 11.6 Å². The molecule has 2 heterocycles. The van der Waals surface area contributed by atoms with Gasteiger partial charge in [-0.25, -0.2) is 0 Å². The van der Waals surface area contributed by atoms with E-state index in [0.29, 0.717) is 5.71 Å². The first-order valence-corrected chi connectivity index (χ1v) is 4.52. The van der Waals surface area contributed by atoms with Crippen LogP contribution in [0, 0.1) is 13.8 Å². The summed E-state index contributed by atoms with van der Waals surface area (Å²) in [6.07, 6.45) is 0. The fraction of sp³-hybridized carbons (Fsp3) is 0.333. The average molecular weight is 213 g/mol.